The Labute approximate surface area is 208 Å². The van der Waals surface area contributed by atoms with E-state index in [-0.39, 0.29) is 13.0 Å². The van der Waals surface area contributed by atoms with E-state index < -0.39 is 102 Å². The summed E-state index contributed by atoms with van der Waals surface area (Å²) in [5, 5.41) is 62.0. The van der Waals surface area contributed by atoms with Crippen LogP contribution < -0.4 is 21.9 Å². The molecule has 16 nitrogen and oxygen atoms in total. The molecule has 0 spiro atoms. The summed E-state index contributed by atoms with van der Waals surface area (Å²) in [6, 6.07) is -3.42. The number of rotatable bonds is 8. The molecule has 1 saturated carbocycles. The highest BCUT2D eigenvalue weighted by atomic mass is 32.2. The minimum absolute atomic E-state index is 0.117. The Morgan fingerprint density at radius 3 is 2.08 bits per heavy atom. The number of ether oxygens (including phenoxy) is 4. The van der Waals surface area contributed by atoms with Crippen LogP contribution in [0.5, 0.6) is 0 Å². The molecule has 3 rings (SSSR count). The van der Waals surface area contributed by atoms with Crippen molar-refractivity contribution in [3.63, 3.8) is 0 Å². The van der Waals surface area contributed by atoms with Crippen LogP contribution in [0.3, 0.4) is 0 Å². The molecule has 3 aliphatic rings. The van der Waals surface area contributed by atoms with Crippen LogP contribution in [0.2, 0.25) is 0 Å². The normalized spacial score (nSPS) is 49.2. The summed E-state index contributed by atoms with van der Waals surface area (Å²) in [5.74, 6) is 0. The maximum absolute atomic E-state index is 11.8. The lowest BCUT2D eigenvalue weighted by Crippen LogP contribution is -2.69. The van der Waals surface area contributed by atoms with E-state index in [0.717, 1.165) is 6.26 Å². The quantitative estimate of drug-likeness (QED) is 0.135. The Morgan fingerprint density at radius 1 is 0.944 bits per heavy atom. The summed E-state index contributed by atoms with van der Waals surface area (Å²) >= 11 is 0. The highest BCUT2D eigenvalue weighted by Crippen LogP contribution is 2.33. The van der Waals surface area contributed by atoms with Crippen LogP contribution in [0.15, 0.2) is 0 Å². The third-order valence-corrected chi connectivity index (χ3v) is 7.41. The molecule has 0 radical (unpaired) electrons. The van der Waals surface area contributed by atoms with Crippen molar-refractivity contribution in [2.75, 3.05) is 12.8 Å². The number of nitrogens with one attached hydrogen (secondary N) is 1. The van der Waals surface area contributed by atoms with Crippen molar-refractivity contribution in [2.45, 2.75) is 105 Å². The summed E-state index contributed by atoms with van der Waals surface area (Å²) in [5.41, 5.74) is 17.8. The first-order chi connectivity index (χ1) is 16.7. The fourth-order valence-corrected chi connectivity index (χ4v) is 5.51. The van der Waals surface area contributed by atoms with Crippen LogP contribution in [0.25, 0.3) is 0 Å². The van der Waals surface area contributed by atoms with Gasteiger partial charge in [0.1, 0.15) is 48.8 Å². The maximum Gasteiger partial charge on any atom is 0.209 e. The second kappa shape index (κ2) is 11.6. The zero-order valence-electron chi connectivity index (χ0n) is 19.8. The van der Waals surface area contributed by atoms with Crippen molar-refractivity contribution in [1.29, 1.82) is 0 Å². The molecule has 0 bridgehead atoms. The summed E-state index contributed by atoms with van der Waals surface area (Å²) in [4.78, 5) is 0. The molecule has 2 aliphatic heterocycles. The molecule has 1 aliphatic carbocycles. The average molecular weight is 547 g/mol. The number of sulfonamides is 1. The minimum Gasteiger partial charge on any atom is -0.391 e. The molecule has 0 aromatic rings. The summed E-state index contributed by atoms with van der Waals surface area (Å²) < 4.78 is 48.6. The molecule has 2 heterocycles. The van der Waals surface area contributed by atoms with E-state index in [2.05, 4.69) is 4.72 Å². The van der Waals surface area contributed by atoms with Gasteiger partial charge in [0.15, 0.2) is 12.6 Å². The maximum atomic E-state index is 11.8. The Bertz CT molecular complexity index is 839. The van der Waals surface area contributed by atoms with E-state index in [1.807, 2.05) is 0 Å². The summed E-state index contributed by atoms with van der Waals surface area (Å²) in [6.45, 7) is 1.19. The van der Waals surface area contributed by atoms with Gasteiger partial charge in [0.25, 0.3) is 0 Å². The van der Waals surface area contributed by atoms with Crippen molar-refractivity contribution >= 4 is 10.0 Å². The highest BCUT2D eigenvalue weighted by molar-refractivity contribution is 7.88. The Hall–Kier alpha value is -0.610. The van der Waals surface area contributed by atoms with Crippen molar-refractivity contribution in [3.8, 4) is 0 Å². The molecule has 15 atom stereocenters. The van der Waals surface area contributed by atoms with E-state index in [4.69, 9.17) is 36.1 Å². The predicted octanol–water partition coefficient (Wildman–Crippen LogP) is -6.67. The molecule has 212 valence electrons. The van der Waals surface area contributed by atoms with Crippen LogP contribution in [0.1, 0.15) is 13.3 Å². The fraction of sp³-hybridized carbons (Fsp3) is 1.00. The first kappa shape index (κ1) is 29.9. The smallest absolute Gasteiger partial charge is 0.209 e. The Kier molecular flexibility index (Phi) is 9.68. The van der Waals surface area contributed by atoms with Gasteiger partial charge in [0.2, 0.25) is 10.0 Å². The van der Waals surface area contributed by atoms with Crippen LogP contribution >= 0.6 is 0 Å². The number of hydrogen-bond acceptors (Lipinski definition) is 15. The number of hydrogen-bond donors (Lipinski definition) is 10. The standard InChI is InChI=1S/C19H38N4O12S/c1-5(24)15-13(28)12(27)9(22)18(33-15)34-16-6(21)3-7(23-36(2,30)31)10(25)17(16)35-19-14(29)11(26)8(4-20)32-19/h5-19,23-29H,3-4,20-22H2,1-2H3/t5-,6?,7?,8?,9?,10?,11?,12?,13?,14?,15?,16?,17?,18?,19?/m1/s1. The molecule has 17 heteroatoms. The van der Waals surface area contributed by atoms with Crippen molar-refractivity contribution in [2.24, 2.45) is 17.2 Å². The monoisotopic (exact) mass is 546 g/mol. The summed E-state index contributed by atoms with van der Waals surface area (Å²) in [7, 11) is -3.78. The van der Waals surface area contributed by atoms with Gasteiger partial charge in [-0.15, -0.1) is 0 Å². The SMILES string of the molecule is C[C@@H](O)C1OC(OC2C(N)CC(NS(C)(=O)=O)C(O)C2OC2OC(CN)C(O)C2O)C(N)C(O)C1O. The van der Waals surface area contributed by atoms with Gasteiger partial charge < -0.3 is 66.8 Å². The van der Waals surface area contributed by atoms with Gasteiger partial charge in [-0.2, -0.15) is 0 Å². The molecule has 0 aromatic carbocycles. The van der Waals surface area contributed by atoms with Crippen LogP contribution in [0.4, 0.5) is 0 Å². The number of nitrogens with two attached hydrogens (primary N) is 3. The number of aliphatic hydroxyl groups excluding tert-OH is 6. The largest absolute Gasteiger partial charge is 0.391 e. The molecule has 36 heavy (non-hydrogen) atoms. The van der Waals surface area contributed by atoms with Crippen molar-refractivity contribution < 1.29 is 58.0 Å². The number of aliphatic hydroxyl groups is 6. The second-order valence-electron chi connectivity index (χ2n) is 9.62. The highest BCUT2D eigenvalue weighted by Gasteiger charge is 2.53. The molecule has 13 N–H and O–H groups in total. The van der Waals surface area contributed by atoms with Crippen molar-refractivity contribution in [1.82, 2.24) is 4.72 Å². The minimum atomic E-state index is -3.78. The van der Waals surface area contributed by atoms with Gasteiger partial charge in [0, 0.05) is 12.6 Å². The van der Waals surface area contributed by atoms with Crippen LogP contribution in [-0.4, -0.2) is 144 Å². The van der Waals surface area contributed by atoms with E-state index >= 15 is 0 Å². The molecule has 3 fully saturated rings. The first-order valence-electron chi connectivity index (χ1n) is 11.5. The third kappa shape index (κ3) is 6.33. The molecule has 0 aromatic heterocycles. The fourth-order valence-electron chi connectivity index (χ4n) is 4.73. The lowest BCUT2D eigenvalue weighted by atomic mass is 9.84. The van der Waals surface area contributed by atoms with Gasteiger partial charge in [-0.25, -0.2) is 13.1 Å². The molecule has 2 saturated heterocycles. The second-order valence-corrected chi connectivity index (χ2v) is 11.4. The van der Waals surface area contributed by atoms with Gasteiger partial charge >= 0.3 is 0 Å². The van der Waals surface area contributed by atoms with Gasteiger partial charge in [0.05, 0.1) is 30.5 Å². The van der Waals surface area contributed by atoms with Crippen LogP contribution in [0, 0.1) is 0 Å². The van der Waals surface area contributed by atoms with E-state index in [0.29, 0.717) is 0 Å². The van der Waals surface area contributed by atoms with Crippen LogP contribution in [-0.2, 0) is 29.0 Å². The lowest BCUT2D eigenvalue weighted by molar-refractivity contribution is -0.315. The summed E-state index contributed by atoms with van der Waals surface area (Å²) in [6.07, 6.45) is -15.9. The molecular weight excluding hydrogens is 508 g/mol. The van der Waals surface area contributed by atoms with E-state index in [1.165, 1.54) is 6.92 Å². The topological polar surface area (TPSA) is 283 Å². The zero-order chi connectivity index (χ0) is 27.1. The average Bonchev–Trinajstić information content (AvgIpc) is 3.05. The Balaban J connectivity index is 1.87. The molecule has 14 unspecified atom stereocenters. The van der Waals surface area contributed by atoms with E-state index in [9.17, 15) is 39.1 Å². The third-order valence-electron chi connectivity index (χ3n) is 6.68. The molecule has 0 amide bonds. The van der Waals surface area contributed by atoms with Gasteiger partial charge in [-0.3, -0.25) is 0 Å². The Morgan fingerprint density at radius 2 is 1.56 bits per heavy atom. The van der Waals surface area contributed by atoms with Crippen molar-refractivity contribution in [3.05, 3.63) is 0 Å². The molecular formula is C19H38N4O12S. The van der Waals surface area contributed by atoms with Gasteiger partial charge in [-0.05, 0) is 13.3 Å². The zero-order valence-corrected chi connectivity index (χ0v) is 20.7. The predicted molar refractivity (Wildman–Crippen MR) is 120 cm³/mol. The lowest BCUT2D eigenvalue weighted by Gasteiger charge is -2.48. The van der Waals surface area contributed by atoms with E-state index in [1.54, 1.807) is 0 Å². The first-order valence-corrected chi connectivity index (χ1v) is 13.4. The van der Waals surface area contributed by atoms with Gasteiger partial charge in [-0.1, -0.05) is 0 Å².